The first-order chi connectivity index (χ1) is 48.9. The molecule has 5 saturated carbocycles. The highest BCUT2D eigenvalue weighted by Gasteiger charge is 2.41. The Morgan fingerprint density at radius 2 is 1.00 bits per heavy atom. The van der Waals surface area contributed by atoms with Crippen LogP contribution in [0.15, 0.2) is 0 Å². The molecule has 0 spiro atoms. The molecule has 3 atom stereocenters. The third kappa shape index (κ3) is 53.9. The molecule has 5 aliphatic carbocycles. The van der Waals surface area contributed by atoms with Crippen molar-refractivity contribution in [2.75, 3.05) is 90.4 Å². The number of likely N-dealkylation sites (tertiary alicyclic amines) is 4. The molecule has 10 rings (SSSR count). The number of hydrogen-bond donors (Lipinski definition) is 4. The molecule has 0 aromatic carbocycles. The summed E-state index contributed by atoms with van der Waals surface area (Å²) in [5, 5.41) is 19.9. The number of carbonyl (C=O) groups excluding carboxylic acids is 1. The zero-order valence-corrected chi connectivity index (χ0v) is 74.7. The van der Waals surface area contributed by atoms with Crippen molar-refractivity contribution in [2.45, 2.75) is 432 Å². The van der Waals surface area contributed by atoms with Crippen molar-refractivity contribution in [3.63, 3.8) is 0 Å². The average Bonchev–Trinajstić information content (AvgIpc) is 1.70. The Balaban J connectivity index is 0.000000579. The fourth-order valence-electron chi connectivity index (χ4n) is 14.2. The third-order valence-electron chi connectivity index (χ3n) is 22.8. The molecule has 10 aliphatic rings. The van der Waals surface area contributed by atoms with Crippen LogP contribution in [0.4, 0.5) is 0 Å². The molecule has 0 radical (unpaired) electrons. The summed E-state index contributed by atoms with van der Waals surface area (Å²) in [6.07, 6.45) is 38.1. The number of carbonyl (C=O) groups is 1. The van der Waals surface area contributed by atoms with E-state index in [1.165, 1.54) is 194 Å². The number of amides is 1. The van der Waals surface area contributed by atoms with Gasteiger partial charge in [0.1, 0.15) is 6.73 Å². The van der Waals surface area contributed by atoms with E-state index in [0.29, 0.717) is 78.5 Å². The molecule has 5 aliphatic heterocycles. The molecule has 10 fully saturated rings. The van der Waals surface area contributed by atoms with Crippen molar-refractivity contribution in [2.24, 2.45) is 40.4 Å². The lowest BCUT2D eigenvalue weighted by Gasteiger charge is -2.33. The second-order valence-corrected chi connectivity index (χ2v) is 40.0. The van der Waals surface area contributed by atoms with Crippen LogP contribution in [0.1, 0.15) is 353 Å². The lowest BCUT2D eigenvalue weighted by Crippen LogP contribution is -2.45. The monoisotopic (exact) mass is 1490 g/mol. The van der Waals surface area contributed by atoms with Gasteiger partial charge in [-0.15, -0.1) is 0 Å². The van der Waals surface area contributed by atoms with Crippen LogP contribution in [0.5, 0.6) is 0 Å². The van der Waals surface area contributed by atoms with Gasteiger partial charge in [-0.3, -0.25) is 9.00 Å². The Morgan fingerprint density at radius 3 is 1.41 bits per heavy atom. The van der Waals surface area contributed by atoms with E-state index in [2.05, 4.69) is 182 Å². The number of aliphatic hydroxyl groups is 1. The van der Waals surface area contributed by atoms with Gasteiger partial charge in [-0.25, -0.2) is 0 Å². The van der Waals surface area contributed by atoms with Gasteiger partial charge in [0.15, 0.2) is 0 Å². The van der Waals surface area contributed by atoms with E-state index in [4.69, 9.17) is 18.9 Å². The van der Waals surface area contributed by atoms with Gasteiger partial charge in [0.25, 0.3) is 0 Å². The highest BCUT2D eigenvalue weighted by atomic mass is 32.2. The maximum atomic E-state index is 11.5. The van der Waals surface area contributed by atoms with E-state index in [1.807, 2.05) is 27.7 Å². The van der Waals surface area contributed by atoms with Crippen molar-refractivity contribution in [1.82, 2.24) is 35.6 Å². The summed E-state index contributed by atoms with van der Waals surface area (Å²) in [6, 6.07) is 4.45. The SMILES string of the molecule is C=S1(=O)CCC(COC(C)C)CC1.CC(C)N1CCCCC1.CC(C)NC1CCCCC1O.CC(C)NCC1(C)CC1.CC(C)NCC1CCCCC1.CC(C)OCN1CCCC1=O.CC1CCC(OC(C)C)CC1.CC1CCN(C(C)C)C1.CC1CCN(C(C)C)CC1.CCC1(COC(C)C)CC1. The summed E-state index contributed by atoms with van der Waals surface area (Å²) in [5.41, 5.74) is 1.27. The first-order valence-corrected chi connectivity index (χ1v) is 46.2. The van der Waals surface area contributed by atoms with Crippen molar-refractivity contribution in [1.29, 1.82) is 0 Å². The van der Waals surface area contributed by atoms with E-state index in [9.17, 15) is 14.1 Å². The van der Waals surface area contributed by atoms with Crippen LogP contribution in [0, 0.1) is 40.4 Å². The fourth-order valence-corrected chi connectivity index (χ4v) is 16.0. The van der Waals surface area contributed by atoms with Gasteiger partial charge >= 0.3 is 0 Å². The molecule has 104 heavy (non-hydrogen) atoms. The predicted octanol–water partition coefficient (Wildman–Crippen LogP) is 19.5. The normalized spacial score (nSPS) is 26.4. The summed E-state index contributed by atoms with van der Waals surface area (Å²) in [5.74, 6) is 9.98. The van der Waals surface area contributed by atoms with Crippen LogP contribution in [-0.4, -0.2) is 210 Å². The number of ether oxygens (including phenoxy) is 4. The van der Waals surface area contributed by atoms with Gasteiger partial charge < -0.3 is 59.6 Å². The topological polar surface area (TPSA) is 140 Å². The summed E-state index contributed by atoms with van der Waals surface area (Å²) < 4.78 is 33.7. The number of hydrogen-bond acceptors (Lipinski definition) is 13. The molecule has 0 aromatic heterocycles. The maximum Gasteiger partial charge on any atom is 0.224 e. The molecule has 1 amide bonds. The summed E-state index contributed by atoms with van der Waals surface area (Å²) >= 11 is 0. The van der Waals surface area contributed by atoms with E-state index in [0.717, 1.165) is 105 Å². The Bertz CT molecular complexity index is 2100. The molecular formula is C89H183N7O7S. The van der Waals surface area contributed by atoms with Gasteiger partial charge in [-0.05, 0) is 327 Å². The Morgan fingerprint density at radius 1 is 0.510 bits per heavy atom. The summed E-state index contributed by atoms with van der Waals surface area (Å²) in [6.45, 7) is 68.5. The molecule has 4 N–H and O–H groups in total. The first kappa shape index (κ1) is 101. The van der Waals surface area contributed by atoms with Gasteiger partial charge in [0.05, 0.1) is 43.2 Å². The van der Waals surface area contributed by atoms with Crippen LogP contribution >= 0.6 is 0 Å². The van der Waals surface area contributed by atoms with E-state index in [-0.39, 0.29) is 18.1 Å². The fraction of sp³-hybridized carbons (Fsp3) is 0.978. The van der Waals surface area contributed by atoms with Crippen LogP contribution in [0.3, 0.4) is 0 Å². The second-order valence-electron chi connectivity index (χ2n) is 37.3. The largest absolute Gasteiger partial charge is 0.392 e. The number of rotatable bonds is 23. The highest BCUT2D eigenvalue weighted by Crippen LogP contribution is 2.49. The minimum Gasteiger partial charge on any atom is -0.392 e. The molecule has 0 aromatic rings. The third-order valence-corrected chi connectivity index (χ3v) is 24.7. The van der Waals surface area contributed by atoms with Gasteiger partial charge in [0.2, 0.25) is 5.91 Å². The van der Waals surface area contributed by atoms with Crippen molar-refractivity contribution < 1.29 is 33.1 Å². The van der Waals surface area contributed by atoms with Crippen LogP contribution in [-0.2, 0) is 33.3 Å². The molecule has 3 unspecified atom stereocenters. The minimum absolute atomic E-state index is 0.105. The van der Waals surface area contributed by atoms with Crippen LogP contribution in [0.25, 0.3) is 0 Å². The summed E-state index contributed by atoms with van der Waals surface area (Å²) in [4.78, 5) is 20.5. The highest BCUT2D eigenvalue weighted by molar-refractivity contribution is 8.00. The van der Waals surface area contributed by atoms with Gasteiger partial charge in [-0.2, -0.15) is 0 Å². The van der Waals surface area contributed by atoms with Gasteiger partial charge in [0, 0.05) is 86.5 Å². The Kier molecular flexibility index (Phi) is 55.5. The van der Waals surface area contributed by atoms with E-state index >= 15 is 0 Å². The lowest BCUT2D eigenvalue weighted by atomic mass is 9.89. The van der Waals surface area contributed by atoms with E-state index in [1.54, 1.807) is 4.90 Å². The molecular weight excluding hydrogens is 1310 g/mol. The number of nitrogens with one attached hydrogen (secondary N) is 3. The molecule has 14 nitrogen and oxygen atoms in total. The number of piperidine rings is 2. The van der Waals surface area contributed by atoms with Crippen molar-refractivity contribution in [3.05, 3.63) is 0 Å². The molecule has 0 bridgehead atoms. The van der Waals surface area contributed by atoms with Crippen LogP contribution in [0.2, 0.25) is 0 Å². The predicted molar refractivity (Wildman–Crippen MR) is 454 cm³/mol. The van der Waals surface area contributed by atoms with Crippen LogP contribution < -0.4 is 16.0 Å². The van der Waals surface area contributed by atoms with Crippen molar-refractivity contribution in [3.8, 4) is 0 Å². The minimum atomic E-state index is -1.71. The number of nitrogens with zero attached hydrogens (tertiary/aromatic N) is 4. The molecule has 5 saturated heterocycles. The summed E-state index contributed by atoms with van der Waals surface area (Å²) in [7, 11) is -1.71. The molecule has 15 heteroatoms. The zero-order chi connectivity index (χ0) is 78.4. The number of aliphatic hydroxyl groups excluding tert-OH is 1. The quantitative estimate of drug-likeness (QED) is 0.0722. The van der Waals surface area contributed by atoms with Crippen molar-refractivity contribution >= 4 is 21.3 Å². The zero-order valence-electron chi connectivity index (χ0n) is 73.9. The first-order valence-electron chi connectivity index (χ1n) is 44.1. The molecule has 5 heterocycles. The van der Waals surface area contributed by atoms with E-state index < -0.39 is 9.52 Å². The second kappa shape index (κ2) is 57.1. The smallest absolute Gasteiger partial charge is 0.224 e. The average molecular weight is 1500 g/mol. The van der Waals surface area contributed by atoms with Gasteiger partial charge in [-0.1, -0.05) is 115 Å². The Labute approximate surface area is 648 Å². The lowest BCUT2D eigenvalue weighted by molar-refractivity contribution is -0.133. The standard InChI is InChI=1S/C10H21N.C10H20O2S.C10H20O.C9H19NO.C9H19N.C9H18O.C8H15NO2.3C8H17N/c1-9(2)11-8-10-6-4-3-5-7-10;1-9(2)12-8-10-4-6-13(3,11)7-5-10;1-8(2)11-10-6-4-9(3)5-7-10;1-7(2)10-8-5-3-4-6-9(8)11;1-8(2)10-6-4-9(3)5-7-10;1-4-9(5-6-9)7-10-8(2)3;1-7(2)11-6-9-5-3-4-8(9)10;1-7(2)9-5-4-8(3)6-9;1-7(2)9-6-8(3)4-5-8;1-8(2)9-6-4-3-5-7-9/h9-11H,3-8H2,1-2H3;9-10H,3-8H2,1-2H3;8-10H,4-7H2,1-3H3;7-11H,3-6H2,1-2H3;8-9H,4-7H2,1-3H3;8H,4-7H2,1-3H3;7H,3-6H2,1-2H3;7-8H,4-6H2,1-3H3;7,9H,4-6H2,1-3H3;8H,3-7H2,1-2H3. The molecule has 622 valence electrons. The Hall–Kier alpha value is -0.950. The maximum absolute atomic E-state index is 11.5.